The first-order valence-corrected chi connectivity index (χ1v) is 7.25. The van der Waals surface area contributed by atoms with Crippen molar-refractivity contribution >= 4 is 0 Å². The Morgan fingerprint density at radius 2 is 1.85 bits per heavy atom. The van der Waals surface area contributed by atoms with Crippen molar-refractivity contribution in [3.63, 3.8) is 0 Å². The van der Waals surface area contributed by atoms with Crippen LogP contribution in [0, 0.1) is 6.92 Å². The molecule has 1 aromatic carbocycles. The Morgan fingerprint density at radius 3 is 2.55 bits per heavy atom. The molecule has 0 aromatic heterocycles. The topological polar surface area (TPSA) is 54.0 Å². The van der Waals surface area contributed by atoms with E-state index in [-0.39, 0.29) is 0 Å². The van der Waals surface area contributed by atoms with Crippen LogP contribution in [0.2, 0.25) is 0 Å². The molecule has 2 aliphatic rings. The number of hydrogen-bond acceptors (Lipinski definition) is 5. The van der Waals surface area contributed by atoms with Gasteiger partial charge in [0.2, 0.25) is 0 Å². The SMILES string of the molecule is Cc1cc2c(cc1C(O)CN1CCNCC1)OCCO2. The van der Waals surface area contributed by atoms with Crippen LogP contribution in [0.1, 0.15) is 17.2 Å². The highest BCUT2D eigenvalue weighted by atomic mass is 16.6. The Bertz CT molecular complexity index is 472. The molecule has 0 saturated carbocycles. The van der Waals surface area contributed by atoms with Gasteiger partial charge in [-0.25, -0.2) is 0 Å². The van der Waals surface area contributed by atoms with E-state index in [0.29, 0.717) is 19.8 Å². The number of benzene rings is 1. The number of hydrogen-bond donors (Lipinski definition) is 2. The third kappa shape index (κ3) is 2.90. The lowest BCUT2D eigenvalue weighted by atomic mass is 10.0. The maximum absolute atomic E-state index is 10.5. The molecule has 0 amide bonds. The quantitative estimate of drug-likeness (QED) is 0.852. The van der Waals surface area contributed by atoms with Gasteiger partial charge in [0.1, 0.15) is 13.2 Å². The molecule has 1 unspecified atom stereocenters. The van der Waals surface area contributed by atoms with E-state index in [2.05, 4.69) is 10.2 Å². The Hall–Kier alpha value is -1.30. The molecule has 5 nitrogen and oxygen atoms in total. The molecule has 0 bridgehead atoms. The van der Waals surface area contributed by atoms with Crippen molar-refractivity contribution in [1.29, 1.82) is 0 Å². The zero-order valence-electron chi connectivity index (χ0n) is 11.9. The number of piperazine rings is 1. The van der Waals surface area contributed by atoms with Crippen LogP contribution in [0.3, 0.4) is 0 Å². The van der Waals surface area contributed by atoms with Crippen LogP contribution in [0.5, 0.6) is 11.5 Å². The summed E-state index contributed by atoms with van der Waals surface area (Å²) in [5, 5.41) is 13.8. The number of aryl methyl sites for hydroxylation is 1. The minimum Gasteiger partial charge on any atom is -0.486 e. The molecule has 2 heterocycles. The summed E-state index contributed by atoms with van der Waals surface area (Å²) in [4.78, 5) is 2.29. The maximum atomic E-state index is 10.5. The fraction of sp³-hybridized carbons (Fsp3) is 0.600. The molecular weight excluding hydrogens is 256 g/mol. The Labute approximate surface area is 119 Å². The van der Waals surface area contributed by atoms with Gasteiger partial charge >= 0.3 is 0 Å². The highest BCUT2D eigenvalue weighted by Crippen LogP contribution is 2.35. The van der Waals surface area contributed by atoms with Crippen molar-refractivity contribution in [2.24, 2.45) is 0 Å². The zero-order chi connectivity index (χ0) is 13.9. The highest BCUT2D eigenvalue weighted by molar-refractivity contribution is 5.48. The van der Waals surface area contributed by atoms with E-state index in [4.69, 9.17) is 9.47 Å². The van der Waals surface area contributed by atoms with Crippen molar-refractivity contribution in [3.05, 3.63) is 23.3 Å². The molecule has 110 valence electrons. The van der Waals surface area contributed by atoms with Gasteiger partial charge in [-0.05, 0) is 30.2 Å². The second kappa shape index (κ2) is 5.99. The van der Waals surface area contributed by atoms with E-state index in [1.807, 2.05) is 19.1 Å². The van der Waals surface area contributed by atoms with E-state index in [0.717, 1.165) is 48.8 Å². The third-order valence-corrected chi connectivity index (χ3v) is 3.93. The largest absolute Gasteiger partial charge is 0.486 e. The van der Waals surface area contributed by atoms with Crippen molar-refractivity contribution in [3.8, 4) is 11.5 Å². The van der Waals surface area contributed by atoms with E-state index < -0.39 is 6.10 Å². The van der Waals surface area contributed by atoms with Crippen LogP contribution in [0.15, 0.2) is 12.1 Å². The number of fused-ring (bicyclic) bond motifs is 1. The molecule has 1 fully saturated rings. The van der Waals surface area contributed by atoms with Crippen LogP contribution in [0.25, 0.3) is 0 Å². The molecule has 20 heavy (non-hydrogen) atoms. The van der Waals surface area contributed by atoms with Crippen molar-refractivity contribution in [2.75, 3.05) is 45.9 Å². The third-order valence-electron chi connectivity index (χ3n) is 3.93. The summed E-state index contributed by atoms with van der Waals surface area (Å²) in [6.45, 7) is 7.80. The summed E-state index contributed by atoms with van der Waals surface area (Å²) in [5.74, 6) is 1.53. The molecule has 5 heteroatoms. The Kier molecular flexibility index (Phi) is 4.10. The Balaban J connectivity index is 1.74. The number of aliphatic hydroxyl groups is 1. The van der Waals surface area contributed by atoms with Crippen LogP contribution < -0.4 is 14.8 Å². The summed E-state index contributed by atoms with van der Waals surface area (Å²) >= 11 is 0. The fourth-order valence-electron chi connectivity index (χ4n) is 2.80. The van der Waals surface area contributed by atoms with Gasteiger partial charge < -0.3 is 19.9 Å². The van der Waals surface area contributed by atoms with Crippen molar-refractivity contribution < 1.29 is 14.6 Å². The monoisotopic (exact) mass is 278 g/mol. The summed E-state index contributed by atoms with van der Waals surface area (Å²) in [5.41, 5.74) is 1.99. The molecule has 3 rings (SSSR count). The van der Waals surface area contributed by atoms with E-state index in [1.165, 1.54) is 0 Å². The fourth-order valence-corrected chi connectivity index (χ4v) is 2.80. The lowest BCUT2D eigenvalue weighted by Gasteiger charge is -2.30. The van der Waals surface area contributed by atoms with Crippen molar-refractivity contribution in [2.45, 2.75) is 13.0 Å². The average Bonchev–Trinajstić information content (AvgIpc) is 2.47. The number of aliphatic hydroxyl groups excluding tert-OH is 1. The van der Waals surface area contributed by atoms with Crippen LogP contribution in [0.4, 0.5) is 0 Å². The number of nitrogens with one attached hydrogen (secondary N) is 1. The first-order chi connectivity index (χ1) is 9.74. The molecule has 1 atom stereocenters. The van der Waals surface area contributed by atoms with Gasteiger partial charge in [-0.2, -0.15) is 0 Å². The second-order valence-corrected chi connectivity index (χ2v) is 5.42. The summed E-state index contributed by atoms with van der Waals surface area (Å²) in [6.07, 6.45) is -0.482. The molecule has 0 spiro atoms. The predicted molar refractivity (Wildman–Crippen MR) is 76.4 cm³/mol. The number of β-amino-alcohol motifs (C(OH)–C–C–N with tert-alkyl or cyclic N) is 1. The van der Waals surface area contributed by atoms with Crippen LogP contribution in [-0.4, -0.2) is 55.9 Å². The highest BCUT2D eigenvalue weighted by Gasteiger charge is 2.20. The minimum absolute atomic E-state index is 0.482. The average molecular weight is 278 g/mol. The lowest BCUT2D eigenvalue weighted by Crippen LogP contribution is -2.45. The van der Waals surface area contributed by atoms with Gasteiger partial charge in [0, 0.05) is 32.7 Å². The van der Waals surface area contributed by atoms with Gasteiger partial charge in [-0.15, -0.1) is 0 Å². The maximum Gasteiger partial charge on any atom is 0.161 e. The van der Waals surface area contributed by atoms with Crippen molar-refractivity contribution in [1.82, 2.24) is 10.2 Å². The van der Waals surface area contributed by atoms with Gasteiger partial charge in [-0.3, -0.25) is 4.90 Å². The zero-order valence-corrected chi connectivity index (χ0v) is 11.9. The molecule has 0 radical (unpaired) electrons. The van der Waals surface area contributed by atoms with Gasteiger partial charge in [0.05, 0.1) is 6.10 Å². The molecule has 2 aliphatic heterocycles. The second-order valence-electron chi connectivity index (χ2n) is 5.42. The molecule has 1 aromatic rings. The standard InChI is InChI=1S/C15H22N2O3/c1-11-8-14-15(20-7-6-19-14)9-12(11)13(18)10-17-4-2-16-3-5-17/h8-9,13,16,18H,2-7,10H2,1H3. The molecule has 1 saturated heterocycles. The van der Waals surface area contributed by atoms with E-state index in [9.17, 15) is 5.11 Å². The van der Waals surface area contributed by atoms with Gasteiger partial charge in [-0.1, -0.05) is 0 Å². The lowest BCUT2D eigenvalue weighted by molar-refractivity contribution is 0.104. The predicted octanol–water partition coefficient (Wildman–Crippen LogP) is 0.705. The van der Waals surface area contributed by atoms with Gasteiger partial charge in [0.15, 0.2) is 11.5 Å². The minimum atomic E-state index is -0.482. The summed E-state index contributed by atoms with van der Waals surface area (Å²) < 4.78 is 11.2. The molecule has 2 N–H and O–H groups in total. The number of ether oxygens (including phenoxy) is 2. The molecular formula is C15H22N2O3. The summed E-state index contributed by atoms with van der Waals surface area (Å²) in [7, 11) is 0. The van der Waals surface area contributed by atoms with Crippen LogP contribution in [-0.2, 0) is 0 Å². The number of rotatable bonds is 3. The number of nitrogens with zero attached hydrogens (tertiary/aromatic N) is 1. The normalized spacial score (nSPS) is 20.7. The first-order valence-electron chi connectivity index (χ1n) is 7.25. The first kappa shape index (κ1) is 13.7. The summed E-state index contributed by atoms with van der Waals surface area (Å²) in [6, 6.07) is 3.89. The molecule has 0 aliphatic carbocycles. The van der Waals surface area contributed by atoms with Gasteiger partial charge in [0.25, 0.3) is 0 Å². The van der Waals surface area contributed by atoms with Crippen LogP contribution >= 0.6 is 0 Å². The van der Waals surface area contributed by atoms with E-state index in [1.54, 1.807) is 0 Å². The Morgan fingerprint density at radius 1 is 1.20 bits per heavy atom. The van der Waals surface area contributed by atoms with E-state index >= 15 is 0 Å². The smallest absolute Gasteiger partial charge is 0.161 e.